The summed E-state index contributed by atoms with van der Waals surface area (Å²) in [6.07, 6.45) is 5.01. The lowest BCUT2D eigenvalue weighted by molar-refractivity contribution is 0.00864. The lowest BCUT2D eigenvalue weighted by atomic mass is 9.98. The van der Waals surface area contributed by atoms with Crippen molar-refractivity contribution in [1.29, 1.82) is 0 Å². The second-order valence-corrected chi connectivity index (χ2v) is 6.89. The van der Waals surface area contributed by atoms with Crippen LogP contribution in [0, 0.1) is 0 Å². The highest BCUT2D eigenvalue weighted by atomic mass is 16.5. The molecule has 2 aromatic rings. The predicted octanol–water partition coefficient (Wildman–Crippen LogP) is 1.63. The summed E-state index contributed by atoms with van der Waals surface area (Å²) in [4.78, 5) is 17.6. The number of ether oxygens (including phenoxy) is 1. The van der Waals surface area contributed by atoms with Gasteiger partial charge in [0.25, 0.3) is 5.91 Å². The van der Waals surface area contributed by atoms with Crippen LogP contribution in [0.1, 0.15) is 22.3 Å². The average Bonchev–Trinajstić information content (AvgIpc) is 3.13. The van der Waals surface area contributed by atoms with Gasteiger partial charge in [0.15, 0.2) is 0 Å². The van der Waals surface area contributed by atoms with Gasteiger partial charge in [0.05, 0.1) is 37.2 Å². The molecule has 2 saturated heterocycles. The van der Waals surface area contributed by atoms with E-state index in [0.29, 0.717) is 11.6 Å². The zero-order chi connectivity index (χ0) is 17.8. The average molecular weight is 352 g/mol. The largest absolute Gasteiger partial charge is 0.379 e. The summed E-state index contributed by atoms with van der Waals surface area (Å²) in [6, 6.07) is 12.7. The number of aromatic nitrogens is 2. The minimum Gasteiger partial charge on any atom is -0.379 e. The molecule has 1 amide bonds. The van der Waals surface area contributed by atoms with Crippen molar-refractivity contribution in [2.45, 2.75) is 24.9 Å². The van der Waals surface area contributed by atoms with Crippen LogP contribution < -0.4 is 0 Å². The highest BCUT2D eigenvalue weighted by molar-refractivity contribution is 5.94. The third-order valence-corrected chi connectivity index (χ3v) is 5.40. The molecule has 1 aromatic carbocycles. The van der Waals surface area contributed by atoms with Crippen molar-refractivity contribution in [2.75, 3.05) is 32.8 Å². The summed E-state index contributed by atoms with van der Waals surface area (Å²) in [5.74, 6) is 0.0524. The van der Waals surface area contributed by atoms with Gasteiger partial charge in [-0.15, -0.1) is 0 Å². The molecule has 2 atom stereocenters. The van der Waals surface area contributed by atoms with Gasteiger partial charge in [-0.3, -0.25) is 9.69 Å². The SMILES string of the molecule is O=C(c1ccnnc1)N1CC[C@@H](N2CCOCC2)[C@@H]1Cc1ccccc1. The molecule has 0 aliphatic carbocycles. The van der Waals surface area contributed by atoms with E-state index < -0.39 is 0 Å². The van der Waals surface area contributed by atoms with Crippen molar-refractivity contribution in [3.05, 3.63) is 59.9 Å². The molecule has 0 bridgehead atoms. The van der Waals surface area contributed by atoms with Gasteiger partial charge in [0.1, 0.15) is 0 Å². The van der Waals surface area contributed by atoms with E-state index in [2.05, 4.69) is 39.4 Å². The van der Waals surface area contributed by atoms with Crippen LogP contribution in [0.4, 0.5) is 0 Å². The molecule has 0 radical (unpaired) electrons. The van der Waals surface area contributed by atoms with Crippen molar-refractivity contribution in [3.63, 3.8) is 0 Å². The standard InChI is InChI=1S/C20H24N4O2/c25-20(17-6-8-21-22-15-17)24-9-7-18(23-10-12-26-13-11-23)19(24)14-16-4-2-1-3-5-16/h1-6,8,15,18-19H,7,9-14H2/t18-,19+/m1/s1. The van der Waals surface area contributed by atoms with Crippen LogP contribution in [0.3, 0.4) is 0 Å². The second-order valence-electron chi connectivity index (χ2n) is 6.89. The number of morpholine rings is 1. The monoisotopic (exact) mass is 352 g/mol. The van der Waals surface area contributed by atoms with Crippen LogP contribution in [0.15, 0.2) is 48.8 Å². The maximum Gasteiger partial charge on any atom is 0.255 e. The zero-order valence-corrected chi connectivity index (χ0v) is 14.8. The Balaban J connectivity index is 1.58. The fraction of sp³-hybridized carbons (Fsp3) is 0.450. The first-order valence-corrected chi connectivity index (χ1v) is 9.26. The van der Waals surface area contributed by atoms with Crippen molar-refractivity contribution in [1.82, 2.24) is 20.0 Å². The summed E-state index contributed by atoms with van der Waals surface area (Å²) >= 11 is 0. The van der Waals surface area contributed by atoms with Crippen LogP contribution in [0.2, 0.25) is 0 Å². The first kappa shape index (κ1) is 17.1. The van der Waals surface area contributed by atoms with Crippen molar-refractivity contribution in [2.24, 2.45) is 0 Å². The lowest BCUT2D eigenvalue weighted by Gasteiger charge is -2.37. The Morgan fingerprint density at radius 2 is 1.88 bits per heavy atom. The number of amides is 1. The Morgan fingerprint density at radius 1 is 1.08 bits per heavy atom. The number of rotatable bonds is 4. The molecule has 2 aliphatic heterocycles. The highest BCUT2D eigenvalue weighted by Gasteiger charge is 2.40. The second kappa shape index (κ2) is 7.93. The first-order chi connectivity index (χ1) is 12.8. The van der Waals surface area contributed by atoms with E-state index in [1.807, 2.05) is 11.0 Å². The third-order valence-electron chi connectivity index (χ3n) is 5.40. The fourth-order valence-electron chi connectivity index (χ4n) is 4.11. The molecule has 6 heteroatoms. The fourth-order valence-corrected chi connectivity index (χ4v) is 4.11. The summed E-state index contributed by atoms with van der Waals surface area (Å²) in [7, 11) is 0. The third kappa shape index (κ3) is 3.61. The smallest absolute Gasteiger partial charge is 0.255 e. The van der Waals surface area contributed by atoms with Gasteiger partial charge < -0.3 is 9.64 Å². The zero-order valence-electron chi connectivity index (χ0n) is 14.8. The molecule has 0 unspecified atom stereocenters. The molecule has 1 aromatic heterocycles. The van der Waals surface area contributed by atoms with Crippen LogP contribution in [0.25, 0.3) is 0 Å². The Kier molecular flexibility index (Phi) is 5.22. The molecule has 136 valence electrons. The first-order valence-electron chi connectivity index (χ1n) is 9.26. The molecule has 2 aliphatic rings. The molecule has 0 spiro atoms. The minimum absolute atomic E-state index is 0.0524. The number of likely N-dealkylation sites (tertiary alicyclic amines) is 1. The summed E-state index contributed by atoms with van der Waals surface area (Å²) < 4.78 is 5.52. The van der Waals surface area contributed by atoms with Gasteiger partial charge in [0.2, 0.25) is 0 Å². The van der Waals surface area contributed by atoms with Gasteiger partial charge in [-0.1, -0.05) is 30.3 Å². The van der Waals surface area contributed by atoms with Crippen LogP contribution in [-0.2, 0) is 11.2 Å². The van der Waals surface area contributed by atoms with Crippen LogP contribution >= 0.6 is 0 Å². The molecule has 0 N–H and O–H groups in total. The van der Waals surface area contributed by atoms with Gasteiger partial charge in [-0.2, -0.15) is 10.2 Å². The quantitative estimate of drug-likeness (QED) is 0.837. The van der Waals surface area contributed by atoms with E-state index in [9.17, 15) is 4.79 Å². The van der Waals surface area contributed by atoms with E-state index in [0.717, 1.165) is 45.7 Å². The van der Waals surface area contributed by atoms with Gasteiger partial charge in [0, 0.05) is 25.7 Å². The van der Waals surface area contributed by atoms with E-state index in [4.69, 9.17) is 4.74 Å². The van der Waals surface area contributed by atoms with E-state index in [1.54, 1.807) is 18.5 Å². The number of carbonyl (C=O) groups is 1. The predicted molar refractivity (Wildman–Crippen MR) is 97.8 cm³/mol. The maximum absolute atomic E-state index is 13.1. The topological polar surface area (TPSA) is 58.6 Å². The van der Waals surface area contributed by atoms with Crippen molar-refractivity contribution >= 4 is 5.91 Å². The number of carbonyl (C=O) groups excluding carboxylic acids is 1. The van der Waals surface area contributed by atoms with Crippen molar-refractivity contribution < 1.29 is 9.53 Å². The van der Waals surface area contributed by atoms with Gasteiger partial charge in [-0.05, 0) is 24.5 Å². The molecule has 2 fully saturated rings. The van der Waals surface area contributed by atoms with Crippen molar-refractivity contribution in [3.8, 4) is 0 Å². The normalized spacial score (nSPS) is 23.9. The van der Waals surface area contributed by atoms with Gasteiger partial charge >= 0.3 is 0 Å². The van der Waals surface area contributed by atoms with Crippen LogP contribution in [-0.4, -0.2) is 70.8 Å². The van der Waals surface area contributed by atoms with E-state index in [1.165, 1.54) is 5.56 Å². The highest BCUT2D eigenvalue weighted by Crippen LogP contribution is 2.28. The molecule has 4 rings (SSSR count). The summed E-state index contributed by atoms with van der Waals surface area (Å²) in [5.41, 5.74) is 1.88. The number of benzene rings is 1. The molecule has 6 nitrogen and oxygen atoms in total. The molecule has 26 heavy (non-hydrogen) atoms. The Hall–Kier alpha value is -2.31. The number of nitrogens with zero attached hydrogens (tertiary/aromatic N) is 4. The van der Waals surface area contributed by atoms with E-state index >= 15 is 0 Å². The molecular formula is C20H24N4O2. The molecule has 0 saturated carbocycles. The lowest BCUT2D eigenvalue weighted by Crippen LogP contribution is -2.51. The maximum atomic E-state index is 13.1. The Bertz CT molecular complexity index is 719. The summed E-state index contributed by atoms with van der Waals surface area (Å²) in [6.45, 7) is 4.21. The molecular weight excluding hydrogens is 328 g/mol. The minimum atomic E-state index is 0.0524. The number of hydrogen-bond acceptors (Lipinski definition) is 5. The Labute approximate surface area is 153 Å². The number of hydrogen-bond donors (Lipinski definition) is 0. The van der Waals surface area contributed by atoms with E-state index in [-0.39, 0.29) is 11.9 Å². The van der Waals surface area contributed by atoms with Gasteiger partial charge in [-0.25, -0.2) is 0 Å². The Morgan fingerprint density at radius 3 is 2.62 bits per heavy atom. The summed E-state index contributed by atoms with van der Waals surface area (Å²) in [5, 5.41) is 7.66. The van der Waals surface area contributed by atoms with Crippen LogP contribution in [0.5, 0.6) is 0 Å². The molecule has 3 heterocycles.